The molecule has 1 nitrogen and oxygen atoms in total. The monoisotopic (exact) mass is 334 g/mol. The fourth-order valence-corrected chi connectivity index (χ4v) is 2.79. The van der Waals surface area contributed by atoms with Crippen LogP contribution in [0, 0.1) is 0 Å². The van der Waals surface area contributed by atoms with Gasteiger partial charge in [0.2, 0.25) is 0 Å². The van der Waals surface area contributed by atoms with Crippen molar-refractivity contribution in [2.24, 2.45) is 0 Å². The van der Waals surface area contributed by atoms with E-state index in [2.05, 4.69) is 0 Å². The molecule has 0 unspecified atom stereocenters. The summed E-state index contributed by atoms with van der Waals surface area (Å²) in [6, 6.07) is 3.12. The van der Waals surface area contributed by atoms with Crippen LogP contribution in [-0.2, 0) is 11.2 Å². The Morgan fingerprint density at radius 2 is 1.35 bits per heavy atom. The third kappa shape index (κ3) is 7.09. The molecule has 1 rings (SSSR count). The van der Waals surface area contributed by atoms with E-state index >= 15 is 0 Å². The van der Waals surface area contributed by atoms with Gasteiger partial charge in [-0.1, -0.05) is 0 Å². The number of carbonyl (C=O) groups is 1. The minimum Gasteiger partial charge on any atom is -0.303 e. The molecule has 1 aromatic carbocycles. The number of benzene rings is 1. The van der Waals surface area contributed by atoms with E-state index in [4.69, 9.17) is 0 Å². The van der Waals surface area contributed by atoms with E-state index in [-0.39, 0.29) is 28.2 Å². The minimum atomic E-state index is -4.58. The Hall–Kier alpha value is -0.830. The number of halogens is 6. The second-order valence-corrected chi connectivity index (χ2v) is 5.89. The number of aldehydes is 1. The molecule has 112 valence electrons. The second kappa shape index (κ2) is 6.75. The van der Waals surface area contributed by atoms with E-state index in [0.717, 1.165) is 18.2 Å². The van der Waals surface area contributed by atoms with Crippen molar-refractivity contribution in [1.29, 1.82) is 0 Å². The van der Waals surface area contributed by atoms with Gasteiger partial charge in [-0.3, -0.25) is 0 Å². The van der Waals surface area contributed by atoms with Gasteiger partial charge in [0.15, 0.2) is 0 Å². The summed E-state index contributed by atoms with van der Waals surface area (Å²) in [6.07, 6.45) is 0.692. The normalized spacial score (nSPS) is 12.5. The van der Waals surface area contributed by atoms with Crippen LogP contribution in [0.25, 0.3) is 0 Å². The lowest BCUT2D eigenvalue weighted by atomic mass is 10.1. The van der Waals surface area contributed by atoms with Crippen LogP contribution in [0.15, 0.2) is 28.0 Å². The number of hydrogen-bond acceptors (Lipinski definition) is 3. The van der Waals surface area contributed by atoms with Crippen LogP contribution < -0.4 is 0 Å². The van der Waals surface area contributed by atoms with E-state index in [1.807, 2.05) is 0 Å². The molecule has 0 saturated heterocycles. The summed E-state index contributed by atoms with van der Waals surface area (Å²) >= 11 is -0.961. The van der Waals surface area contributed by atoms with Gasteiger partial charge in [0, 0.05) is 16.2 Å². The van der Waals surface area contributed by atoms with Gasteiger partial charge in [-0.15, -0.1) is 0 Å². The molecule has 9 heteroatoms. The molecule has 0 amide bonds. The van der Waals surface area contributed by atoms with Crippen molar-refractivity contribution in [2.75, 3.05) is 0 Å². The van der Waals surface area contributed by atoms with Gasteiger partial charge >= 0.3 is 11.0 Å². The minimum absolute atomic E-state index is 0.0380. The molecular formula is C11H8F6OS2. The maximum absolute atomic E-state index is 12.3. The van der Waals surface area contributed by atoms with Crippen molar-refractivity contribution in [3.63, 3.8) is 0 Å². The topological polar surface area (TPSA) is 17.1 Å². The summed E-state index contributed by atoms with van der Waals surface area (Å²) in [5.41, 5.74) is -8.90. The number of aryl methyl sites for hydroxylation is 1. The Morgan fingerprint density at radius 3 is 1.70 bits per heavy atom. The van der Waals surface area contributed by atoms with E-state index < -0.39 is 34.5 Å². The molecular weight excluding hydrogens is 326 g/mol. The van der Waals surface area contributed by atoms with E-state index in [1.54, 1.807) is 0 Å². The van der Waals surface area contributed by atoms with Gasteiger partial charge in [-0.2, -0.15) is 26.3 Å². The summed E-state index contributed by atoms with van der Waals surface area (Å²) in [6.45, 7) is 0. The fraction of sp³-hybridized carbons (Fsp3) is 0.364. The summed E-state index contributed by atoms with van der Waals surface area (Å²) in [5, 5.41) is 0. The highest BCUT2D eigenvalue weighted by Crippen LogP contribution is 2.42. The average molecular weight is 334 g/mol. The Balaban J connectivity index is 3.03. The zero-order chi connectivity index (χ0) is 15.4. The van der Waals surface area contributed by atoms with Crippen LogP contribution in [0.5, 0.6) is 0 Å². The molecule has 0 radical (unpaired) electrons. The van der Waals surface area contributed by atoms with Crippen molar-refractivity contribution in [3.05, 3.63) is 23.8 Å². The fourth-order valence-electron chi connectivity index (χ4n) is 1.39. The quantitative estimate of drug-likeness (QED) is 0.426. The predicted molar refractivity (Wildman–Crippen MR) is 64.7 cm³/mol. The Bertz CT molecular complexity index is 435. The highest BCUT2D eigenvalue weighted by molar-refractivity contribution is 8.01. The van der Waals surface area contributed by atoms with Crippen LogP contribution in [0.2, 0.25) is 0 Å². The number of alkyl halides is 6. The Morgan fingerprint density at radius 1 is 0.900 bits per heavy atom. The molecule has 0 saturated carbocycles. The van der Waals surface area contributed by atoms with Crippen LogP contribution in [0.3, 0.4) is 0 Å². The Labute approximate surface area is 119 Å². The van der Waals surface area contributed by atoms with Gasteiger partial charge in [0.1, 0.15) is 6.29 Å². The second-order valence-electron chi connectivity index (χ2n) is 3.61. The van der Waals surface area contributed by atoms with Gasteiger partial charge < -0.3 is 4.79 Å². The first-order valence-corrected chi connectivity index (χ1v) is 6.81. The molecule has 0 aliphatic heterocycles. The summed E-state index contributed by atoms with van der Waals surface area (Å²) in [5.74, 6) is 0. The third-order valence-electron chi connectivity index (χ3n) is 1.96. The van der Waals surface area contributed by atoms with Gasteiger partial charge in [-0.25, -0.2) is 0 Å². The first-order valence-electron chi connectivity index (χ1n) is 5.18. The molecule has 0 fully saturated rings. The summed E-state index contributed by atoms with van der Waals surface area (Å²) < 4.78 is 73.6. The smallest absolute Gasteiger partial charge is 0.303 e. The van der Waals surface area contributed by atoms with Gasteiger partial charge in [0.05, 0.1) is 0 Å². The molecule has 0 bridgehead atoms. The number of hydrogen-bond donors (Lipinski definition) is 0. The number of rotatable bonds is 5. The van der Waals surface area contributed by atoms with Crippen molar-refractivity contribution in [1.82, 2.24) is 0 Å². The van der Waals surface area contributed by atoms with Gasteiger partial charge in [-0.05, 0) is 53.7 Å². The molecule has 0 N–H and O–H groups in total. The van der Waals surface area contributed by atoms with Crippen molar-refractivity contribution in [2.45, 2.75) is 33.6 Å². The predicted octanol–water partition coefficient (Wildman–Crippen LogP) is 5.04. The molecule has 0 heterocycles. The van der Waals surface area contributed by atoms with Crippen LogP contribution in [0.4, 0.5) is 26.3 Å². The molecule has 0 atom stereocenters. The Kier molecular flexibility index (Phi) is 5.81. The third-order valence-corrected chi connectivity index (χ3v) is 3.36. The lowest BCUT2D eigenvalue weighted by molar-refractivity contribution is -0.107. The molecule has 0 aliphatic rings. The molecule has 1 aromatic rings. The van der Waals surface area contributed by atoms with Crippen LogP contribution in [-0.4, -0.2) is 17.3 Å². The summed E-state index contributed by atoms with van der Waals surface area (Å²) in [7, 11) is 0. The number of thioether (sulfide) groups is 2. The van der Waals surface area contributed by atoms with Crippen molar-refractivity contribution >= 4 is 29.8 Å². The van der Waals surface area contributed by atoms with Crippen molar-refractivity contribution < 1.29 is 31.1 Å². The molecule has 20 heavy (non-hydrogen) atoms. The zero-order valence-corrected chi connectivity index (χ0v) is 11.3. The SMILES string of the molecule is O=CCCc1cc(SC(F)(F)F)cc(SC(F)(F)F)c1. The standard InChI is InChI=1S/C11H8F6OS2/c12-10(13,14)19-8-4-7(2-1-3-18)5-9(6-8)20-11(15,16)17/h3-6H,1-2H2. The highest BCUT2D eigenvalue weighted by atomic mass is 32.2. The molecule has 0 spiro atoms. The molecule has 0 aromatic heterocycles. The van der Waals surface area contributed by atoms with E-state index in [9.17, 15) is 31.1 Å². The van der Waals surface area contributed by atoms with Crippen LogP contribution >= 0.6 is 23.5 Å². The zero-order valence-electron chi connectivity index (χ0n) is 9.72. The lowest BCUT2D eigenvalue weighted by Crippen LogP contribution is -2.02. The van der Waals surface area contributed by atoms with E-state index in [1.165, 1.54) is 0 Å². The average Bonchev–Trinajstić information content (AvgIpc) is 2.21. The summed E-state index contributed by atoms with van der Waals surface area (Å²) in [4.78, 5) is 9.58. The van der Waals surface area contributed by atoms with E-state index in [0.29, 0.717) is 6.29 Å². The van der Waals surface area contributed by atoms with Gasteiger partial charge in [0.25, 0.3) is 0 Å². The largest absolute Gasteiger partial charge is 0.446 e. The first kappa shape index (κ1) is 17.2. The first-order chi connectivity index (χ1) is 9.09. The van der Waals surface area contributed by atoms with Crippen LogP contribution in [0.1, 0.15) is 12.0 Å². The maximum atomic E-state index is 12.3. The highest BCUT2D eigenvalue weighted by Gasteiger charge is 2.32. The number of carbonyl (C=O) groups excluding carboxylic acids is 1. The van der Waals surface area contributed by atoms with Crippen molar-refractivity contribution in [3.8, 4) is 0 Å². The molecule has 0 aliphatic carbocycles. The maximum Gasteiger partial charge on any atom is 0.446 e. The lowest BCUT2D eigenvalue weighted by Gasteiger charge is -2.11.